The molecular weight excluding hydrogens is 264 g/mol. The van der Waals surface area contributed by atoms with Crippen LogP contribution in [0.4, 0.5) is 0 Å². The van der Waals surface area contributed by atoms with Crippen molar-refractivity contribution < 1.29 is 0 Å². The van der Waals surface area contributed by atoms with Gasteiger partial charge in [-0.2, -0.15) is 0 Å². The van der Waals surface area contributed by atoms with Gasteiger partial charge in [0.05, 0.1) is 0 Å². The zero-order chi connectivity index (χ0) is 13.9. The summed E-state index contributed by atoms with van der Waals surface area (Å²) in [5, 5.41) is 0.999. The Labute approximate surface area is 126 Å². The Bertz CT molecular complexity index is 600. The molecule has 0 spiro atoms. The fourth-order valence-corrected chi connectivity index (χ4v) is 3.67. The summed E-state index contributed by atoms with van der Waals surface area (Å²) in [6.45, 7) is 2.20. The quantitative estimate of drug-likeness (QED) is 0.689. The van der Waals surface area contributed by atoms with Gasteiger partial charge >= 0.3 is 0 Å². The van der Waals surface area contributed by atoms with Gasteiger partial charge in [-0.1, -0.05) is 67.4 Å². The van der Waals surface area contributed by atoms with Gasteiger partial charge in [-0.15, -0.1) is 0 Å². The molecule has 0 fully saturated rings. The summed E-state index contributed by atoms with van der Waals surface area (Å²) in [5.41, 5.74) is 5.68. The molecule has 0 N–H and O–H groups in total. The van der Waals surface area contributed by atoms with Crippen LogP contribution in [0, 0.1) is 0 Å². The molecule has 20 heavy (non-hydrogen) atoms. The minimum atomic E-state index is 0.639. The first-order valence-electron chi connectivity index (χ1n) is 7.63. The third kappa shape index (κ3) is 2.62. The summed E-state index contributed by atoms with van der Waals surface area (Å²) in [6, 6.07) is 15.4. The molecule has 1 aliphatic carbocycles. The first-order chi connectivity index (χ1) is 9.79. The van der Waals surface area contributed by atoms with Gasteiger partial charge in [-0.05, 0) is 53.9 Å². The lowest BCUT2D eigenvalue weighted by Crippen LogP contribution is -2.00. The Kier molecular flexibility index (Phi) is 4.12. The summed E-state index contributed by atoms with van der Waals surface area (Å²) < 4.78 is 0. The van der Waals surface area contributed by atoms with Crippen molar-refractivity contribution in [2.24, 2.45) is 0 Å². The maximum absolute atomic E-state index is 6.59. The fourth-order valence-electron chi connectivity index (χ4n) is 3.38. The topological polar surface area (TPSA) is 0 Å². The van der Waals surface area contributed by atoms with Gasteiger partial charge in [-0.3, -0.25) is 0 Å². The largest absolute Gasteiger partial charge is 0.0837 e. The molecule has 0 bridgehead atoms. The molecule has 0 radical (unpaired) electrons. The molecule has 0 heterocycles. The smallest absolute Gasteiger partial charge is 0.0470 e. The van der Waals surface area contributed by atoms with Crippen LogP contribution in [-0.2, 0) is 19.3 Å². The van der Waals surface area contributed by atoms with E-state index < -0.39 is 0 Å². The van der Waals surface area contributed by atoms with E-state index in [4.69, 9.17) is 11.6 Å². The van der Waals surface area contributed by atoms with Gasteiger partial charge in [0, 0.05) is 5.02 Å². The van der Waals surface area contributed by atoms with Crippen molar-refractivity contribution in [1.82, 2.24) is 0 Å². The maximum atomic E-state index is 6.59. The molecule has 1 heteroatoms. The molecule has 104 valence electrons. The van der Waals surface area contributed by atoms with E-state index in [2.05, 4.69) is 49.4 Å². The SMILES string of the molecule is CCCc1cccc(CC2CCc3ccccc32)c1Cl. The zero-order valence-corrected chi connectivity index (χ0v) is 12.8. The Morgan fingerprint density at radius 1 is 1.05 bits per heavy atom. The summed E-state index contributed by atoms with van der Waals surface area (Å²) >= 11 is 6.59. The molecule has 0 aliphatic heterocycles. The van der Waals surface area contributed by atoms with Crippen LogP contribution in [0.15, 0.2) is 42.5 Å². The molecule has 0 saturated carbocycles. The molecule has 0 amide bonds. The van der Waals surface area contributed by atoms with Crippen molar-refractivity contribution >= 4 is 11.6 Å². The lowest BCUT2D eigenvalue weighted by atomic mass is 9.92. The highest BCUT2D eigenvalue weighted by Crippen LogP contribution is 2.37. The second-order valence-electron chi connectivity index (χ2n) is 5.78. The molecule has 2 aromatic rings. The van der Waals surface area contributed by atoms with Crippen LogP contribution in [0.1, 0.15) is 47.9 Å². The van der Waals surface area contributed by atoms with Crippen LogP contribution >= 0.6 is 11.6 Å². The van der Waals surface area contributed by atoms with Crippen molar-refractivity contribution in [3.05, 3.63) is 69.7 Å². The highest BCUT2D eigenvalue weighted by molar-refractivity contribution is 6.32. The fraction of sp³-hybridized carbons (Fsp3) is 0.368. The van der Waals surface area contributed by atoms with Crippen LogP contribution in [0.2, 0.25) is 5.02 Å². The Hall–Kier alpha value is -1.27. The minimum absolute atomic E-state index is 0.639. The van der Waals surface area contributed by atoms with Gasteiger partial charge in [0.1, 0.15) is 0 Å². The van der Waals surface area contributed by atoms with E-state index in [0.29, 0.717) is 5.92 Å². The molecule has 2 aromatic carbocycles. The van der Waals surface area contributed by atoms with Crippen molar-refractivity contribution in [2.75, 3.05) is 0 Å². The van der Waals surface area contributed by atoms with Gasteiger partial charge in [0.2, 0.25) is 0 Å². The van der Waals surface area contributed by atoms with E-state index in [1.807, 2.05) is 0 Å². The molecule has 3 rings (SSSR count). The van der Waals surface area contributed by atoms with Gasteiger partial charge in [0.15, 0.2) is 0 Å². The molecule has 1 atom stereocenters. The summed E-state index contributed by atoms with van der Waals surface area (Å²) in [5.74, 6) is 0.639. The minimum Gasteiger partial charge on any atom is -0.0837 e. The van der Waals surface area contributed by atoms with E-state index in [9.17, 15) is 0 Å². The normalized spacial score (nSPS) is 17.2. The van der Waals surface area contributed by atoms with E-state index in [1.165, 1.54) is 35.1 Å². The predicted molar refractivity (Wildman–Crippen MR) is 86.7 cm³/mol. The molecule has 0 aromatic heterocycles. The second kappa shape index (κ2) is 6.01. The first kappa shape index (κ1) is 13.7. The van der Waals surface area contributed by atoms with Crippen molar-refractivity contribution in [2.45, 2.75) is 44.9 Å². The highest BCUT2D eigenvalue weighted by atomic mass is 35.5. The number of halogens is 1. The highest BCUT2D eigenvalue weighted by Gasteiger charge is 2.23. The third-order valence-electron chi connectivity index (χ3n) is 4.40. The Balaban J connectivity index is 1.84. The van der Waals surface area contributed by atoms with E-state index in [-0.39, 0.29) is 0 Å². The number of rotatable bonds is 4. The number of aryl methyl sites for hydroxylation is 2. The molecule has 0 saturated heterocycles. The number of fused-ring (bicyclic) bond motifs is 1. The van der Waals surface area contributed by atoms with Crippen molar-refractivity contribution in [1.29, 1.82) is 0 Å². The van der Waals surface area contributed by atoms with Crippen LogP contribution in [0.25, 0.3) is 0 Å². The molecule has 1 aliphatic rings. The number of benzene rings is 2. The summed E-state index contributed by atoms with van der Waals surface area (Å²) in [7, 11) is 0. The van der Waals surface area contributed by atoms with Crippen LogP contribution in [0.5, 0.6) is 0 Å². The third-order valence-corrected chi connectivity index (χ3v) is 4.89. The molecular formula is C19H21Cl. The van der Waals surface area contributed by atoms with E-state index in [1.54, 1.807) is 0 Å². The summed E-state index contributed by atoms with van der Waals surface area (Å²) in [6.07, 6.45) is 5.78. The van der Waals surface area contributed by atoms with Crippen molar-refractivity contribution in [3.63, 3.8) is 0 Å². The maximum Gasteiger partial charge on any atom is 0.0470 e. The van der Waals surface area contributed by atoms with E-state index >= 15 is 0 Å². The average Bonchev–Trinajstić information content (AvgIpc) is 2.87. The van der Waals surface area contributed by atoms with E-state index in [0.717, 1.165) is 24.3 Å². The van der Waals surface area contributed by atoms with Crippen LogP contribution < -0.4 is 0 Å². The Morgan fingerprint density at radius 3 is 2.70 bits per heavy atom. The van der Waals surface area contributed by atoms with Crippen molar-refractivity contribution in [3.8, 4) is 0 Å². The Morgan fingerprint density at radius 2 is 1.85 bits per heavy atom. The van der Waals surface area contributed by atoms with Gasteiger partial charge in [-0.25, -0.2) is 0 Å². The summed E-state index contributed by atoms with van der Waals surface area (Å²) in [4.78, 5) is 0. The van der Waals surface area contributed by atoms with Crippen LogP contribution in [0.3, 0.4) is 0 Å². The lowest BCUT2D eigenvalue weighted by molar-refractivity contribution is 0.674. The molecule has 1 unspecified atom stereocenters. The first-order valence-corrected chi connectivity index (χ1v) is 8.01. The monoisotopic (exact) mass is 284 g/mol. The zero-order valence-electron chi connectivity index (χ0n) is 12.0. The predicted octanol–water partition coefficient (Wildman–Crippen LogP) is 5.57. The number of hydrogen-bond acceptors (Lipinski definition) is 0. The molecule has 0 nitrogen and oxygen atoms in total. The lowest BCUT2D eigenvalue weighted by Gasteiger charge is -2.14. The number of hydrogen-bond donors (Lipinski definition) is 0. The second-order valence-corrected chi connectivity index (χ2v) is 6.16. The standard InChI is InChI=1S/C19H21Cl/c1-2-6-15-8-5-9-17(19(15)20)13-16-12-11-14-7-3-4-10-18(14)16/h3-5,7-10,16H,2,6,11-13H2,1H3. The van der Waals surface area contributed by atoms with Crippen LogP contribution in [-0.4, -0.2) is 0 Å². The van der Waals surface area contributed by atoms with Gasteiger partial charge in [0.25, 0.3) is 0 Å². The van der Waals surface area contributed by atoms with Gasteiger partial charge < -0.3 is 0 Å². The average molecular weight is 285 g/mol.